The molecule has 0 aromatic carbocycles. The fourth-order valence-corrected chi connectivity index (χ4v) is 1.60. The maximum atomic E-state index is 5.86. The van der Waals surface area contributed by atoms with Crippen molar-refractivity contribution in [2.75, 3.05) is 38.1 Å². The Bertz CT molecular complexity index is 320. The van der Waals surface area contributed by atoms with Crippen LogP contribution in [0, 0.1) is 0 Å². The number of alkyl halides is 1. The fraction of sp³-hybridized carbons (Fsp3) is 0.778. The molecule has 1 aliphatic heterocycles. The summed E-state index contributed by atoms with van der Waals surface area (Å²) in [5.41, 5.74) is 0. The second-order valence-electron chi connectivity index (χ2n) is 3.83. The summed E-state index contributed by atoms with van der Waals surface area (Å²) in [7, 11) is 2.11. The van der Waals surface area contributed by atoms with Crippen LogP contribution in [0.25, 0.3) is 0 Å². The molecule has 1 atom stereocenters. The molecule has 5 nitrogen and oxygen atoms in total. The summed E-state index contributed by atoms with van der Waals surface area (Å²) in [6.45, 7) is 5.72. The molecule has 0 amide bonds. The van der Waals surface area contributed by atoms with Crippen LogP contribution in [-0.4, -0.2) is 48.3 Å². The highest BCUT2D eigenvalue weighted by Gasteiger charge is 2.20. The molecule has 0 bridgehead atoms. The van der Waals surface area contributed by atoms with Crippen LogP contribution in [0.2, 0.25) is 0 Å². The molecular formula is C9H15ClN4O. The van der Waals surface area contributed by atoms with Crippen LogP contribution in [0.15, 0.2) is 4.42 Å². The van der Waals surface area contributed by atoms with Gasteiger partial charge in [0.25, 0.3) is 0 Å². The largest absolute Gasteiger partial charge is 0.406 e. The smallest absolute Gasteiger partial charge is 0.318 e. The second kappa shape index (κ2) is 4.37. The van der Waals surface area contributed by atoms with Gasteiger partial charge in [-0.05, 0) is 14.0 Å². The molecule has 1 aromatic heterocycles. The number of halogens is 1. The summed E-state index contributed by atoms with van der Waals surface area (Å²) in [6, 6.07) is 0.589. The van der Waals surface area contributed by atoms with Crippen LogP contribution < -0.4 is 4.90 Å². The van der Waals surface area contributed by atoms with Crippen LogP contribution in [0.3, 0.4) is 0 Å². The molecule has 1 aliphatic rings. The predicted molar refractivity (Wildman–Crippen MR) is 58.3 cm³/mol. The molecule has 1 aromatic rings. The van der Waals surface area contributed by atoms with Crippen molar-refractivity contribution in [2.24, 2.45) is 0 Å². The Hall–Kier alpha value is -0.810. The van der Waals surface area contributed by atoms with Gasteiger partial charge >= 0.3 is 6.01 Å². The molecule has 0 saturated carbocycles. The Labute approximate surface area is 94.0 Å². The molecule has 0 radical (unpaired) electrons. The standard InChI is InChI=1S/C9H15ClN4O/c1-7(10)8-11-12-9(15-8)14-5-3-13(2)4-6-14/h7H,3-6H2,1-2H3. The quantitative estimate of drug-likeness (QED) is 0.713. The first kappa shape index (κ1) is 10.7. The third kappa shape index (κ3) is 2.41. The number of hydrogen-bond acceptors (Lipinski definition) is 5. The van der Waals surface area contributed by atoms with E-state index in [1.54, 1.807) is 0 Å². The Balaban J connectivity index is 2.03. The lowest BCUT2D eigenvalue weighted by molar-refractivity contribution is 0.303. The van der Waals surface area contributed by atoms with Gasteiger partial charge in [0.05, 0.1) is 0 Å². The van der Waals surface area contributed by atoms with Crippen molar-refractivity contribution in [2.45, 2.75) is 12.3 Å². The number of piperazine rings is 1. The number of likely N-dealkylation sites (N-methyl/N-ethyl adjacent to an activating group) is 1. The lowest BCUT2D eigenvalue weighted by Gasteiger charge is -2.30. The average molecular weight is 231 g/mol. The minimum absolute atomic E-state index is 0.223. The summed E-state index contributed by atoms with van der Waals surface area (Å²) >= 11 is 5.86. The van der Waals surface area contributed by atoms with Gasteiger partial charge in [-0.3, -0.25) is 0 Å². The van der Waals surface area contributed by atoms with Crippen LogP contribution in [0.5, 0.6) is 0 Å². The molecular weight excluding hydrogens is 216 g/mol. The zero-order valence-corrected chi connectivity index (χ0v) is 9.74. The van der Waals surface area contributed by atoms with Crippen LogP contribution in [-0.2, 0) is 0 Å². The monoisotopic (exact) mass is 230 g/mol. The molecule has 15 heavy (non-hydrogen) atoms. The second-order valence-corrected chi connectivity index (χ2v) is 4.48. The van der Waals surface area contributed by atoms with Crippen molar-refractivity contribution in [3.63, 3.8) is 0 Å². The van der Waals surface area contributed by atoms with Crippen molar-refractivity contribution < 1.29 is 4.42 Å². The topological polar surface area (TPSA) is 45.4 Å². The first-order valence-electron chi connectivity index (χ1n) is 5.08. The van der Waals surface area contributed by atoms with E-state index in [9.17, 15) is 0 Å². The van der Waals surface area contributed by atoms with Crippen LogP contribution in [0.1, 0.15) is 18.2 Å². The minimum Gasteiger partial charge on any atom is -0.406 e. The number of anilines is 1. The number of rotatable bonds is 2. The number of nitrogens with zero attached hydrogens (tertiary/aromatic N) is 4. The molecule has 2 heterocycles. The van der Waals surface area contributed by atoms with E-state index in [0.717, 1.165) is 26.2 Å². The summed E-state index contributed by atoms with van der Waals surface area (Å²) < 4.78 is 5.47. The Morgan fingerprint density at radius 3 is 2.47 bits per heavy atom. The van der Waals surface area contributed by atoms with Gasteiger partial charge in [0.1, 0.15) is 5.38 Å². The van der Waals surface area contributed by atoms with Crippen LogP contribution >= 0.6 is 11.6 Å². The van der Waals surface area contributed by atoms with Gasteiger partial charge < -0.3 is 14.2 Å². The lowest BCUT2D eigenvalue weighted by Crippen LogP contribution is -2.44. The first-order valence-corrected chi connectivity index (χ1v) is 5.51. The molecule has 6 heteroatoms. The Morgan fingerprint density at radius 2 is 1.93 bits per heavy atom. The van der Waals surface area contributed by atoms with Crippen LogP contribution in [0.4, 0.5) is 6.01 Å². The molecule has 0 N–H and O–H groups in total. The highest BCUT2D eigenvalue weighted by Crippen LogP contribution is 2.21. The summed E-state index contributed by atoms with van der Waals surface area (Å²) in [5, 5.41) is 7.68. The summed E-state index contributed by atoms with van der Waals surface area (Å²) in [5.74, 6) is 0.491. The maximum Gasteiger partial charge on any atom is 0.318 e. The number of hydrogen-bond donors (Lipinski definition) is 0. The number of aromatic nitrogens is 2. The van der Waals surface area contributed by atoms with Gasteiger partial charge in [0.2, 0.25) is 5.89 Å². The van der Waals surface area contributed by atoms with Crippen molar-refractivity contribution >= 4 is 17.6 Å². The fourth-order valence-electron chi connectivity index (χ4n) is 1.51. The zero-order chi connectivity index (χ0) is 10.8. The molecule has 1 fully saturated rings. The van der Waals surface area contributed by atoms with E-state index >= 15 is 0 Å². The average Bonchev–Trinajstić information content (AvgIpc) is 2.68. The van der Waals surface area contributed by atoms with Crippen molar-refractivity contribution in [1.29, 1.82) is 0 Å². The van der Waals surface area contributed by atoms with Gasteiger partial charge in [-0.2, -0.15) is 0 Å². The van der Waals surface area contributed by atoms with Gasteiger partial charge in [-0.25, -0.2) is 0 Å². The first-order chi connectivity index (χ1) is 7.16. The molecule has 0 spiro atoms. The predicted octanol–water partition coefficient (Wildman–Crippen LogP) is 1.12. The normalized spacial score (nSPS) is 20.6. The van der Waals surface area contributed by atoms with E-state index in [0.29, 0.717) is 11.9 Å². The van der Waals surface area contributed by atoms with Crippen molar-refractivity contribution in [3.05, 3.63) is 5.89 Å². The SMILES string of the molecule is CC(Cl)c1nnc(N2CCN(C)CC2)o1. The van der Waals surface area contributed by atoms with E-state index < -0.39 is 0 Å². The molecule has 2 rings (SSSR count). The summed E-state index contributed by atoms with van der Waals surface area (Å²) in [6.07, 6.45) is 0. The third-order valence-electron chi connectivity index (χ3n) is 2.54. The molecule has 1 unspecified atom stereocenters. The molecule has 0 aliphatic carbocycles. The third-order valence-corrected chi connectivity index (χ3v) is 2.73. The van der Waals surface area contributed by atoms with Gasteiger partial charge in [-0.15, -0.1) is 16.7 Å². The lowest BCUT2D eigenvalue weighted by atomic mass is 10.3. The Kier molecular flexibility index (Phi) is 3.11. The molecule has 1 saturated heterocycles. The van der Waals surface area contributed by atoms with E-state index in [1.165, 1.54) is 0 Å². The Morgan fingerprint density at radius 1 is 1.27 bits per heavy atom. The highest BCUT2D eigenvalue weighted by molar-refractivity contribution is 6.20. The maximum absolute atomic E-state index is 5.86. The minimum atomic E-state index is -0.223. The highest BCUT2D eigenvalue weighted by atomic mass is 35.5. The molecule has 84 valence electrons. The van der Waals surface area contributed by atoms with E-state index in [2.05, 4.69) is 27.0 Å². The van der Waals surface area contributed by atoms with Gasteiger partial charge in [0, 0.05) is 26.2 Å². The van der Waals surface area contributed by atoms with E-state index in [1.807, 2.05) is 6.92 Å². The van der Waals surface area contributed by atoms with E-state index in [4.69, 9.17) is 16.0 Å². The zero-order valence-electron chi connectivity index (χ0n) is 8.98. The summed E-state index contributed by atoms with van der Waals surface area (Å²) in [4.78, 5) is 4.37. The van der Waals surface area contributed by atoms with E-state index in [-0.39, 0.29) is 5.38 Å². The van der Waals surface area contributed by atoms with Crippen molar-refractivity contribution in [3.8, 4) is 0 Å². The van der Waals surface area contributed by atoms with Gasteiger partial charge in [-0.1, -0.05) is 5.10 Å². The van der Waals surface area contributed by atoms with Crippen molar-refractivity contribution in [1.82, 2.24) is 15.1 Å². The van der Waals surface area contributed by atoms with Gasteiger partial charge in [0.15, 0.2) is 0 Å².